The van der Waals surface area contributed by atoms with E-state index in [4.69, 9.17) is 0 Å². The van der Waals surface area contributed by atoms with Crippen LogP contribution in [0.25, 0.3) is 0 Å². The number of rotatable bonds is 3. The molecule has 0 aromatic heterocycles. The van der Waals surface area contributed by atoms with Crippen LogP contribution in [0.4, 0.5) is 10.1 Å². The summed E-state index contributed by atoms with van der Waals surface area (Å²) in [5, 5.41) is 6.48. The molecule has 5 atom stereocenters. The highest BCUT2D eigenvalue weighted by Crippen LogP contribution is 2.36. The number of halogens is 1. The normalized spacial score (nSPS) is 32.8. The highest BCUT2D eigenvalue weighted by Gasteiger charge is 2.47. The van der Waals surface area contributed by atoms with Crippen LogP contribution in [-0.2, 0) is 16.0 Å². The zero-order valence-electron chi connectivity index (χ0n) is 17.8. The van der Waals surface area contributed by atoms with Crippen molar-refractivity contribution in [3.8, 4) is 0 Å². The zero-order chi connectivity index (χ0) is 21.0. The Morgan fingerprint density at radius 2 is 1.97 bits per heavy atom. The first-order chi connectivity index (χ1) is 14.4. The molecule has 6 nitrogen and oxygen atoms in total. The maximum absolute atomic E-state index is 14.1. The minimum absolute atomic E-state index is 0.0265. The monoisotopic (exact) mass is 414 g/mol. The molecular weight excluding hydrogens is 383 g/mol. The first-order valence-corrected chi connectivity index (χ1v) is 11.3. The molecule has 1 saturated carbocycles. The van der Waals surface area contributed by atoms with Crippen LogP contribution in [-0.4, -0.2) is 64.9 Å². The first-order valence-electron chi connectivity index (χ1n) is 11.3. The van der Waals surface area contributed by atoms with Gasteiger partial charge in [0.25, 0.3) is 0 Å². The van der Waals surface area contributed by atoms with Gasteiger partial charge >= 0.3 is 0 Å². The van der Waals surface area contributed by atoms with Crippen LogP contribution in [0.1, 0.15) is 50.2 Å². The third kappa shape index (κ3) is 3.37. The molecule has 2 bridgehead atoms. The van der Waals surface area contributed by atoms with E-state index in [0.717, 1.165) is 56.4 Å². The number of anilines is 1. The first kappa shape index (κ1) is 19.8. The molecule has 3 aliphatic heterocycles. The second-order valence-corrected chi connectivity index (χ2v) is 9.56. The number of nitrogens with zero attached hydrogens (tertiary/aromatic N) is 2. The molecule has 3 unspecified atom stereocenters. The summed E-state index contributed by atoms with van der Waals surface area (Å²) < 4.78 is 14.1. The number of carbonyl (C=O) groups is 2. The maximum atomic E-state index is 14.1. The molecule has 0 radical (unpaired) electrons. The van der Waals surface area contributed by atoms with E-state index in [2.05, 4.69) is 15.5 Å². The van der Waals surface area contributed by atoms with E-state index in [1.165, 1.54) is 6.07 Å². The Morgan fingerprint density at radius 1 is 1.13 bits per heavy atom. The molecule has 30 heavy (non-hydrogen) atoms. The lowest BCUT2D eigenvalue weighted by atomic mass is 9.89. The van der Waals surface area contributed by atoms with Crippen LogP contribution in [0.15, 0.2) is 12.1 Å². The SMILES string of the molecule is CC(=O)N1CC2CC1CN2[C@@H]1CCC[C@@H](NC(=O)C2Cc3c(F)ccc(C)c3N2)C1. The fraction of sp³-hybridized carbons (Fsp3) is 0.652. The maximum Gasteiger partial charge on any atom is 0.243 e. The second kappa shape index (κ2) is 7.52. The summed E-state index contributed by atoms with van der Waals surface area (Å²) >= 11 is 0. The van der Waals surface area contributed by atoms with E-state index >= 15 is 0 Å². The molecule has 1 aliphatic carbocycles. The lowest BCUT2D eigenvalue weighted by Crippen LogP contribution is -2.54. The van der Waals surface area contributed by atoms with Crippen molar-refractivity contribution in [2.45, 2.75) is 82.6 Å². The predicted molar refractivity (Wildman–Crippen MR) is 113 cm³/mol. The molecule has 2 saturated heterocycles. The predicted octanol–water partition coefficient (Wildman–Crippen LogP) is 2.20. The van der Waals surface area contributed by atoms with Gasteiger partial charge in [0, 0.05) is 61.9 Å². The van der Waals surface area contributed by atoms with Crippen LogP contribution >= 0.6 is 0 Å². The summed E-state index contributed by atoms with van der Waals surface area (Å²) in [7, 11) is 0. The molecule has 1 aromatic carbocycles. The van der Waals surface area contributed by atoms with Gasteiger partial charge in [0.2, 0.25) is 11.8 Å². The average molecular weight is 415 g/mol. The topological polar surface area (TPSA) is 64.7 Å². The standard InChI is InChI=1S/C23H31FN4O2/c1-13-6-7-20(24)19-10-21(26-22(13)19)23(30)25-15-4-3-5-16(8-15)28-12-17-9-18(28)11-27(17)14(2)29/h6-7,15-18,21,26H,3-5,8-12H2,1-2H3,(H,25,30)/t15-,16-,17?,18?,21?/m1/s1. The summed E-state index contributed by atoms with van der Waals surface area (Å²) in [4.78, 5) is 29.3. The third-order valence-corrected chi connectivity index (χ3v) is 7.66. The van der Waals surface area contributed by atoms with Crippen LogP contribution in [0.5, 0.6) is 0 Å². The summed E-state index contributed by atoms with van der Waals surface area (Å²) in [5.74, 6) is -0.0752. The lowest BCUT2D eigenvalue weighted by Gasteiger charge is -2.42. The van der Waals surface area contributed by atoms with Crippen molar-refractivity contribution < 1.29 is 14.0 Å². The lowest BCUT2D eigenvalue weighted by molar-refractivity contribution is -0.131. The van der Waals surface area contributed by atoms with E-state index in [9.17, 15) is 14.0 Å². The smallest absolute Gasteiger partial charge is 0.243 e. The molecule has 2 amide bonds. The van der Waals surface area contributed by atoms with Crippen molar-refractivity contribution in [3.63, 3.8) is 0 Å². The highest BCUT2D eigenvalue weighted by molar-refractivity contribution is 5.88. The van der Waals surface area contributed by atoms with Gasteiger partial charge in [-0.2, -0.15) is 0 Å². The summed E-state index contributed by atoms with van der Waals surface area (Å²) in [6.07, 6.45) is 5.71. The third-order valence-electron chi connectivity index (χ3n) is 7.66. The Morgan fingerprint density at radius 3 is 2.67 bits per heavy atom. The van der Waals surface area contributed by atoms with Gasteiger partial charge in [-0.3, -0.25) is 14.5 Å². The summed E-state index contributed by atoms with van der Waals surface area (Å²) in [5.41, 5.74) is 2.38. The molecule has 7 heteroatoms. The van der Waals surface area contributed by atoms with Crippen LogP contribution in [0, 0.1) is 12.7 Å². The molecule has 5 rings (SSSR count). The fourth-order valence-corrected chi connectivity index (χ4v) is 6.16. The number of hydrogen-bond acceptors (Lipinski definition) is 4. The number of carbonyl (C=O) groups excluding carboxylic acids is 2. The minimum Gasteiger partial charge on any atom is -0.373 e. The van der Waals surface area contributed by atoms with E-state index < -0.39 is 6.04 Å². The van der Waals surface area contributed by atoms with Gasteiger partial charge in [0.1, 0.15) is 11.9 Å². The highest BCUT2D eigenvalue weighted by atomic mass is 19.1. The van der Waals surface area contributed by atoms with Crippen LogP contribution in [0.3, 0.4) is 0 Å². The van der Waals surface area contributed by atoms with Gasteiger partial charge < -0.3 is 15.5 Å². The summed E-state index contributed by atoms with van der Waals surface area (Å²) in [6, 6.07) is 4.31. The number of likely N-dealkylation sites (tertiary alicyclic amines) is 2. The Hall–Kier alpha value is -2.15. The van der Waals surface area contributed by atoms with Crippen molar-refractivity contribution in [3.05, 3.63) is 29.1 Å². The van der Waals surface area contributed by atoms with Crippen LogP contribution in [0.2, 0.25) is 0 Å². The van der Waals surface area contributed by atoms with Gasteiger partial charge in [0.05, 0.1) is 0 Å². The Balaban J connectivity index is 1.18. The molecule has 3 heterocycles. The Bertz CT molecular complexity index is 844. The molecule has 162 valence electrons. The number of nitrogens with one attached hydrogen (secondary N) is 2. The average Bonchev–Trinajstić information content (AvgIpc) is 3.45. The number of amides is 2. The van der Waals surface area contributed by atoms with Crippen LogP contribution < -0.4 is 10.6 Å². The van der Waals surface area contributed by atoms with E-state index in [1.54, 1.807) is 13.0 Å². The fourth-order valence-electron chi connectivity index (χ4n) is 6.16. The van der Waals surface area contributed by atoms with Gasteiger partial charge in [0.15, 0.2) is 0 Å². The Kier molecular flexibility index (Phi) is 4.96. The van der Waals surface area contributed by atoms with E-state index in [1.807, 2.05) is 11.8 Å². The molecule has 2 N–H and O–H groups in total. The molecule has 0 spiro atoms. The zero-order valence-corrected chi connectivity index (χ0v) is 17.8. The van der Waals surface area contributed by atoms with Crippen molar-refractivity contribution >= 4 is 17.5 Å². The molecular formula is C23H31FN4O2. The van der Waals surface area contributed by atoms with Gasteiger partial charge in [-0.15, -0.1) is 0 Å². The van der Waals surface area contributed by atoms with E-state index in [0.29, 0.717) is 30.1 Å². The molecule has 1 aromatic rings. The van der Waals surface area contributed by atoms with Gasteiger partial charge in [-0.05, 0) is 50.7 Å². The summed E-state index contributed by atoms with van der Waals surface area (Å²) in [6.45, 7) is 5.42. The van der Waals surface area contributed by atoms with Crippen molar-refractivity contribution in [2.75, 3.05) is 18.4 Å². The van der Waals surface area contributed by atoms with Gasteiger partial charge in [-0.1, -0.05) is 6.07 Å². The molecule has 3 fully saturated rings. The number of aryl methyl sites for hydroxylation is 1. The number of benzene rings is 1. The second-order valence-electron chi connectivity index (χ2n) is 9.56. The largest absolute Gasteiger partial charge is 0.373 e. The van der Waals surface area contributed by atoms with Gasteiger partial charge in [-0.25, -0.2) is 4.39 Å². The minimum atomic E-state index is -0.400. The van der Waals surface area contributed by atoms with E-state index in [-0.39, 0.29) is 23.7 Å². The van der Waals surface area contributed by atoms with Crippen molar-refractivity contribution in [2.24, 2.45) is 0 Å². The number of hydrogen-bond donors (Lipinski definition) is 2. The number of fused-ring (bicyclic) bond motifs is 3. The van der Waals surface area contributed by atoms with Crippen molar-refractivity contribution in [1.29, 1.82) is 0 Å². The van der Waals surface area contributed by atoms with Crippen molar-refractivity contribution in [1.82, 2.24) is 15.1 Å². The number of piperazine rings is 1. The quantitative estimate of drug-likeness (QED) is 0.796. The Labute approximate surface area is 177 Å². The molecule has 4 aliphatic rings.